The van der Waals surface area contributed by atoms with Gasteiger partial charge in [0.25, 0.3) is 0 Å². The first-order chi connectivity index (χ1) is 8.93. The van der Waals surface area contributed by atoms with Crippen molar-refractivity contribution < 1.29 is 14.8 Å². The number of ether oxygens (including phenoxy) is 1. The van der Waals surface area contributed by atoms with E-state index in [1.165, 1.54) is 13.2 Å². The van der Waals surface area contributed by atoms with Crippen molar-refractivity contribution >= 4 is 5.69 Å². The van der Waals surface area contributed by atoms with Crippen molar-refractivity contribution in [2.75, 3.05) is 20.7 Å². The second-order valence-corrected chi connectivity index (χ2v) is 4.64. The molecule has 1 atom stereocenters. The van der Waals surface area contributed by atoms with Crippen molar-refractivity contribution in [1.29, 1.82) is 0 Å². The highest BCUT2D eigenvalue weighted by Gasteiger charge is 2.15. The van der Waals surface area contributed by atoms with Crippen molar-refractivity contribution in [1.82, 2.24) is 4.90 Å². The van der Waals surface area contributed by atoms with Crippen molar-refractivity contribution in [3.8, 4) is 5.75 Å². The van der Waals surface area contributed by atoms with Crippen LogP contribution in [0, 0.1) is 10.1 Å². The molecule has 106 valence electrons. The van der Waals surface area contributed by atoms with Gasteiger partial charge in [-0.2, -0.15) is 0 Å². The number of nitro benzene ring substituents is 1. The van der Waals surface area contributed by atoms with Gasteiger partial charge in [0.1, 0.15) is 0 Å². The molecule has 1 unspecified atom stereocenters. The van der Waals surface area contributed by atoms with E-state index in [1.807, 2.05) is 18.0 Å². The van der Waals surface area contributed by atoms with E-state index in [0.29, 0.717) is 13.0 Å². The molecule has 1 N–H and O–H groups in total. The number of hydrogen-bond donors (Lipinski definition) is 1. The van der Waals surface area contributed by atoms with Crippen LogP contribution in [0.1, 0.15) is 18.9 Å². The summed E-state index contributed by atoms with van der Waals surface area (Å²) in [5, 5.41) is 20.1. The Labute approximate surface area is 112 Å². The summed E-state index contributed by atoms with van der Waals surface area (Å²) in [7, 11) is 3.33. The highest BCUT2D eigenvalue weighted by molar-refractivity contribution is 5.48. The largest absolute Gasteiger partial charge is 0.490 e. The standard InChI is InChI=1S/C13H20N2O4/c1-10(16)6-7-14(2)9-11-4-5-13(19-3)12(8-11)15(17)18/h4-5,8,10,16H,6-7,9H2,1-3H3. The number of hydrogen-bond acceptors (Lipinski definition) is 5. The predicted molar refractivity (Wildman–Crippen MR) is 72.3 cm³/mol. The number of methoxy groups -OCH3 is 1. The van der Waals surface area contributed by atoms with Gasteiger partial charge in [0.05, 0.1) is 18.1 Å². The van der Waals surface area contributed by atoms with E-state index >= 15 is 0 Å². The first-order valence-electron chi connectivity index (χ1n) is 6.12. The van der Waals surface area contributed by atoms with E-state index in [-0.39, 0.29) is 17.5 Å². The molecule has 0 aromatic heterocycles. The van der Waals surface area contributed by atoms with Gasteiger partial charge in [-0.15, -0.1) is 0 Å². The lowest BCUT2D eigenvalue weighted by Crippen LogP contribution is -2.22. The van der Waals surface area contributed by atoms with E-state index in [4.69, 9.17) is 4.74 Å². The third kappa shape index (κ3) is 4.84. The zero-order valence-electron chi connectivity index (χ0n) is 11.5. The SMILES string of the molecule is COc1ccc(CN(C)CCC(C)O)cc1[N+](=O)[O-]. The van der Waals surface area contributed by atoms with Crippen LogP contribution in [0.25, 0.3) is 0 Å². The van der Waals surface area contributed by atoms with E-state index < -0.39 is 4.92 Å². The van der Waals surface area contributed by atoms with Crippen LogP contribution < -0.4 is 4.74 Å². The Morgan fingerprint density at radius 2 is 2.21 bits per heavy atom. The molecule has 6 heteroatoms. The normalized spacial score (nSPS) is 12.5. The van der Waals surface area contributed by atoms with Gasteiger partial charge in [-0.05, 0) is 32.0 Å². The van der Waals surface area contributed by atoms with Crippen LogP contribution in [-0.4, -0.2) is 41.7 Å². The van der Waals surface area contributed by atoms with Gasteiger partial charge >= 0.3 is 5.69 Å². The molecule has 6 nitrogen and oxygen atoms in total. The average Bonchev–Trinajstić information content (AvgIpc) is 2.36. The van der Waals surface area contributed by atoms with Gasteiger partial charge in [0, 0.05) is 19.2 Å². The van der Waals surface area contributed by atoms with Gasteiger partial charge in [-0.1, -0.05) is 6.07 Å². The molecular weight excluding hydrogens is 248 g/mol. The molecular formula is C13H20N2O4. The Morgan fingerprint density at radius 3 is 2.74 bits per heavy atom. The molecule has 0 bridgehead atoms. The summed E-state index contributed by atoms with van der Waals surface area (Å²) >= 11 is 0. The monoisotopic (exact) mass is 268 g/mol. The molecule has 0 amide bonds. The smallest absolute Gasteiger partial charge is 0.311 e. The molecule has 0 aliphatic rings. The molecule has 1 aromatic rings. The first-order valence-corrected chi connectivity index (χ1v) is 6.12. The summed E-state index contributed by atoms with van der Waals surface area (Å²) in [6.07, 6.45) is 0.335. The Bertz CT molecular complexity index is 435. The average molecular weight is 268 g/mol. The number of benzene rings is 1. The summed E-state index contributed by atoms with van der Waals surface area (Å²) in [5.41, 5.74) is 0.824. The predicted octanol–water partition coefficient (Wildman–Crippen LogP) is 1.81. The van der Waals surface area contributed by atoms with Crippen LogP contribution in [0.15, 0.2) is 18.2 Å². The van der Waals surface area contributed by atoms with Crippen LogP contribution in [0.3, 0.4) is 0 Å². The fourth-order valence-corrected chi connectivity index (χ4v) is 1.77. The maximum absolute atomic E-state index is 10.9. The number of rotatable bonds is 7. The Kier molecular flexibility index (Phi) is 5.72. The third-order valence-electron chi connectivity index (χ3n) is 2.82. The summed E-state index contributed by atoms with van der Waals surface area (Å²) in [6, 6.07) is 4.94. The number of aliphatic hydroxyl groups excluding tert-OH is 1. The minimum Gasteiger partial charge on any atom is -0.490 e. The van der Waals surface area contributed by atoms with E-state index in [0.717, 1.165) is 12.1 Å². The third-order valence-corrected chi connectivity index (χ3v) is 2.82. The van der Waals surface area contributed by atoms with Crippen LogP contribution >= 0.6 is 0 Å². The van der Waals surface area contributed by atoms with Crippen molar-refractivity contribution in [3.05, 3.63) is 33.9 Å². The topological polar surface area (TPSA) is 75.8 Å². The zero-order valence-corrected chi connectivity index (χ0v) is 11.5. The number of nitrogens with zero attached hydrogens (tertiary/aromatic N) is 2. The Morgan fingerprint density at radius 1 is 1.53 bits per heavy atom. The molecule has 1 aromatic carbocycles. The second-order valence-electron chi connectivity index (χ2n) is 4.64. The minimum absolute atomic E-state index is 0.0241. The second kappa shape index (κ2) is 7.06. The highest BCUT2D eigenvalue weighted by Crippen LogP contribution is 2.27. The molecule has 0 aliphatic carbocycles. The van der Waals surface area contributed by atoms with Crippen LogP contribution in [0.4, 0.5) is 5.69 Å². The maximum Gasteiger partial charge on any atom is 0.311 e. The van der Waals surface area contributed by atoms with Gasteiger partial charge in [-0.25, -0.2) is 0 Å². The highest BCUT2D eigenvalue weighted by atomic mass is 16.6. The molecule has 0 saturated heterocycles. The van der Waals surface area contributed by atoms with E-state index in [2.05, 4.69) is 0 Å². The number of aliphatic hydroxyl groups is 1. The lowest BCUT2D eigenvalue weighted by molar-refractivity contribution is -0.385. The summed E-state index contributed by atoms with van der Waals surface area (Å²) in [5.74, 6) is 0.264. The molecule has 1 rings (SSSR count). The first kappa shape index (κ1) is 15.4. The van der Waals surface area contributed by atoms with Crippen molar-refractivity contribution in [2.45, 2.75) is 26.0 Å². The summed E-state index contributed by atoms with van der Waals surface area (Å²) in [6.45, 7) is 3.07. The van der Waals surface area contributed by atoms with Crippen LogP contribution in [-0.2, 0) is 6.54 Å². The lowest BCUT2D eigenvalue weighted by atomic mass is 10.1. The zero-order chi connectivity index (χ0) is 14.4. The Balaban J connectivity index is 2.74. The molecule has 19 heavy (non-hydrogen) atoms. The molecule has 0 saturated carbocycles. The van der Waals surface area contributed by atoms with Gasteiger partial charge in [0.2, 0.25) is 0 Å². The summed E-state index contributed by atoms with van der Waals surface area (Å²) in [4.78, 5) is 12.5. The summed E-state index contributed by atoms with van der Waals surface area (Å²) < 4.78 is 4.96. The maximum atomic E-state index is 10.9. The molecule has 0 spiro atoms. The van der Waals surface area contributed by atoms with Gasteiger partial charge in [-0.3, -0.25) is 10.1 Å². The lowest BCUT2D eigenvalue weighted by Gasteiger charge is -2.17. The van der Waals surface area contributed by atoms with E-state index in [9.17, 15) is 15.2 Å². The van der Waals surface area contributed by atoms with Crippen LogP contribution in [0.2, 0.25) is 0 Å². The molecule has 0 fully saturated rings. The number of nitro groups is 1. The van der Waals surface area contributed by atoms with E-state index in [1.54, 1.807) is 13.0 Å². The fourth-order valence-electron chi connectivity index (χ4n) is 1.77. The minimum atomic E-state index is -0.446. The van der Waals surface area contributed by atoms with Crippen molar-refractivity contribution in [3.63, 3.8) is 0 Å². The van der Waals surface area contributed by atoms with Gasteiger partial charge in [0.15, 0.2) is 5.75 Å². The van der Waals surface area contributed by atoms with Crippen molar-refractivity contribution in [2.24, 2.45) is 0 Å². The fraction of sp³-hybridized carbons (Fsp3) is 0.538. The quantitative estimate of drug-likeness (QED) is 0.603. The Hall–Kier alpha value is -1.66. The molecule has 0 heterocycles. The molecule has 0 aliphatic heterocycles. The van der Waals surface area contributed by atoms with Crippen LogP contribution in [0.5, 0.6) is 5.75 Å². The molecule has 0 radical (unpaired) electrons. The van der Waals surface area contributed by atoms with Gasteiger partial charge < -0.3 is 14.7 Å².